The van der Waals surface area contributed by atoms with Gasteiger partial charge in [0.05, 0.1) is 0 Å². The molecule has 0 aromatic carbocycles. The number of hydrogen-bond donors (Lipinski definition) is 0. The van der Waals surface area contributed by atoms with Gasteiger partial charge in [-0.2, -0.15) is 0 Å². The van der Waals surface area contributed by atoms with Crippen LogP contribution in [-0.2, 0) is 4.79 Å². The van der Waals surface area contributed by atoms with Crippen molar-refractivity contribution in [2.45, 2.75) is 83.9 Å². The van der Waals surface area contributed by atoms with Crippen LogP contribution in [0.1, 0.15) is 89.4 Å². The van der Waals surface area contributed by atoms with Gasteiger partial charge in [-0.15, -0.1) is 0 Å². The van der Waals surface area contributed by atoms with Gasteiger partial charge in [-0.1, -0.05) is 39.0 Å². The highest BCUT2D eigenvalue weighted by Crippen LogP contribution is 2.42. The predicted octanol–water partition coefficient (Wildman–Crippen LogP) is 5.38. The van der Waals surface area contributed by atoms with E-state index in [1.807, 2.05) is 0 Å². The maximum Gasteiger partial charge on any atom is 0.120 e. The van der Waals surface area contributed by atoms with Crippen LogP contribution in [0.3, 0.4) is 0 Å². The fourth-order valence-corrected chi connectivity index (χ4v) is 3.75. The van der Waals surface area contributed by atoms with Crippen molar-refractivity contribution < 1.29 is 10.3 Å². The summed E-state index contributed by atoms with van der Waals surface area (Å²) in [5.41, 5.74) is 0. The normalized spacial score (nSPS) is 49.5. The summed E-state index contributed by atoms with van der Waals surface area (Å²) in [5, 5.41) is 0. The first-order valence-electron chi connectivity index (χ1n) is 10.3. The van der Waals surface area contributed by atoms with Gasteiger partial charge in [-0.3, -0.25) is 0 Å². The van der Waals surface area contributed by atoms with E-state index in [1.165, 1.54) is 32.1 Å². The standard InChI is InChI=1S/C18H32O/c1-2-3-4-15-5-9-17(10-6-15)18-11-7-16(8-12-18)13-14-19/h14-18H,2-13H2,1H3/i7D2,11D,16D. The van der Waals surface area contributed by atoms with E-state index in [9.17, 15) is 4.79 Å². The molecule has 2 rings (SSSR count). The van der Waals surface area contributed by atoms with Gasteiger partial charge in [0.1, 0.15) is 6.29 Å². The molecule has 0 saturated heterocycles. The second-order valence-corrected chi connectivity index (χ2v) is 6.41. The topological polar surface area (TPSA) is 17.1 Å². The molecule has 0 amide bonds. The third-order valence-electron chi connectivity index (χ3n) is 5.07. The van der Waals surface area contributed by atoms with E-state index in [2.05, 4.69) is 6.92 Å². The predicted molar refractivity (Wildman–Crippen MR) is 81.1 cm³/mol. The Balaban J connectivity index is 1.96. The molecule has 0 radical (unpaired) electrons. The SMILES string of the molecule is [2H]C1C(C2CCC(CCCC)CC2)CCC([2H])(CC=O)C1([2H])[2H]. The lowest BCUT2D eigenvalue weighted by atomic mass is 9.68. The molecule has 0 aliphatic heterocycles. The van der Waals surface area contributed by atoms with E-state index >= 15 is 0 Å². The maximum atomic E-state index is 10.8. The lowest BCUT2D eigenvalue weighted by molar-refractivity contribution is -0.108. The first-order chi connectivity index (χ1) is 10.9. The zero-order valence-electron chi connectivity index (χ0n) is 16.4. The third kappa shape index (κ3) is 4.61. The molecule has 2 aliphatic carbocycles. The summed E-state index contributed by atoms with van der Waals surface area (Å²) < 4.78 is 33.4. The molecule has 110 valence electrons. The minimum atomic E-state index is -1.89. The minimum absolute atomic E-state index is 0.0576. The molecule has 2 saturated carbocycles. The van der Waals surface area contributed by atoms with Crippen LogP contribution in [0.5, 0.6) is 0 Å². The van der Waals surface area contributed by atoms with Gasteiger partial charge >= 0.3 is 0 Å². The van der Waals surface area contributed by atoms with Gasteiger partial charge in [0.2, 0.25) is 0 Å². The fraction of sp³-hybridized carbons (Fsp3) is 0.944. The summed E-state index contributed by atoms with van der Waals surface area (Å²) in [6.07, 6.45) is 7.47. The number of aldehydes is 1. The molecule has 19 heavy (non-hydrogen) atoms. The summed E-state index contributed by atoms with van der Waals surface area (Å²) in [4.78, 5) is 10.8. The van der Waals surface area contributed by atoms with Crippen LogP contribution < -0.4 is 0 Å². The lowest BCUT2D eigenvalue weighted by Gasteiger charge is -2.37. The summed E-state index contributed by atoms with van der Waals surface area (Å²) in [5.74, 6) is -0.0924. The zero-order chi connectivity index (χ0) is 17.1. The molecule has 3 unspecified atom stereocenters. The minimum Gasteiger partial charge on any atom is -0.303 e. The fourth-order valence-electron chi connectivity index (χ4n) is 3.75. The van der Waals surface area contributed by atoms with Crippen LogP contribution in [0.15, 0.2) is 0 Å². The quantitative estimate of drug-likeness (QED) is 0.591. The van der Waals surface area contributed by atoms with Crippen LogP contribution in [-0.4, -0.2) is 6.29 Å². The highest BCUT2D eigenvalue weighted by molar-refractivity contribution is 5.49. The first-order valence-corrected chi connectivity index (χ1v) is 8.21. The second-order valence-electron chi connectivity index (χ2n) is 6.41. The molecular formula is C18H32O. The summed E-state index contributed by atoms with van der Waals surface area (Å²) in [6, 6.07) is 0. The first kappa shape index (κ1) is 10.4. The average molecular weight is 268 g/mol. The Morgan fingerprint density at radius 2 is 1.89 bits per heavy atom. The molecule has 0 spiro atoms. The Kier molecular flexibility index (Phi) is 4.42. The zero-order valence-corrected chi connectivity index (χ0v) is 12.4. The van der Waals surface area contributed by atoms with Crippen LogP contribution in [0.25, 0.3) is 0 Å². The van der Waals surface area contributed by atoms with Gasteiger partial charge in [-0.25, -0.2) is 0 Å². The summed E-state index contributed by atoms with van der Waals surface area (Å²) >= 11 is 0. The molecule has 2 fully saturated rings. The average Bonchev–Trinajstić information content (AvgIpc) is 2.53. The van der Waals surface area contributed by atoms with Crippen molar-refractivity contribution in [1.29, 1.82) is 0 Å². The van der Waals surface area contributed by atoms with Gasteiger partial charge in [0.15, 0.2) is 0 Å². The molecule has 2 aliphatic rings. The number of unbranched alkanes of at least 4 members (excludes halogenated alkanes) is 1. The van der Waals surface area contributed by atoms with Crippen LogP contribution in [0, 0.1) is 23.6 Å². The van der Waals surface area contributed by atoms with E-state index in [4.69, 9.17) is 5.48 Å². The molecule has 1 nitrogen and oxygen atoms in total. The molecule has 0 aromatic rings. The monoisotopic (exact) mass is 268 g/mol. The number of carbonyl (C=O) groups is 1. The van der Waals surface area contributed by atoms with Crippen LogP contribution in [0.2, 0.25) is 0 Å². The van der Waals surface area contributed by atoms with Gasteiger partial charge in [-0.05, 0) is 62.1 Å². The van der Waals surface area contributed by atoms with E-state index in [-0.39, 0.29) is 12.3 Å². The smallest absolute Gasteiger partial charge is 0.120 e. The largest absolute Gasteiger partial charge is 0.303 e. The highest BCUT2D eigenvalue weighted by atomic mass is 16.1. The van der Waals surface area contributed by atoms with E-state index < -0.39 is 18.7 Å². The Bertz CT molecular complexity index is 392. The Hall–Kier alpha value is -0.330. The second kappa shape index (κ2) is 8.07. The van der Waals surface area contributed by atoms with E-state index in [1.54, 1.807) is 0 Å². The molecule has 0 N–H and O–H groups in total. The van der Waals surface area contributed by atoms with Crippen molar-refractivity contribution in [3.8, 4) is 0 Å². The van der Waals surface area contributed by atoms with Gasteiger partial charge in [0.25, 0.3) is 0 Å². The number of hydrogen-bond acceptors (Lipinski definition) is 1. The van der Waals surface area contributed by atoms with Gasteiger partial charge < -0.3 is 4.79 Å². The Morgan fingerprint density at radius 1 is 1.16 bits per heavy atom. The lowest BCUT2D eigenvalue weighted by Crippen LogP contribution is -2.26. The third-order valence-corrected chi connectivity index (χ3v) is 5.07. The molecule has 3 atom stereocenters. The molecule has 1 heteroatoms. The van der Waals surface area contributed by atoms with Crippen molar-refractivity contribution in [1.82, 2.24) is 0 Å². The highest BCUT2D eigenvalue weighted by Gasteiger charge is 2.30. The van der Waals surface area contributed by atoms with Crippen molar-refractivity contribution in [3.05, 3.63) is 0 Å². The van der Waals surface area contributed by atoms with Crippen LogP contribution in [0.4, 0.5) is 0 Å². The van der Waals surface area contributed by atoms with Crippen molar-refractivity contribution in [2.75, 3.05) is 0 Å². The number of rotatable bonds is 6. The van der Waals surface area contributed by atoms with Gasteiger partial charge in [0, 0.05) is 11.9 Å². The van der Waals surface area contributed by atoms with Crippen LogP contribution >= 0.6 is 0 Å². The summed E-state index contributed by atoms with van der Waals surface area (Å²) in [6.45, 7) is 2.23. The summed E-state index contributed by atoms with van der Waals surface area (Å²) in [7, 11) is 0. The molecule has 0 heterocycles. The molecule has 0 aromatic heterocycles. The number of carbonyl (C=O) groups excluding carboxylic acids is 1. The van der Waals surface area contributed by atoms with Crippen molar-refractivity contribution in [2.24, 2.45) is 23.6 Å². The van der Waals surface area contributed by atoms with E-state index in [0.717, 1.165) is 25.2 Å². The Morgan fingerprint density at radius 3 is 2.58 bits per heavy atom. The Labute approximate surface area is 125 Å². The molecule has 0 bridgehead atoms. The van der Waals surface area contributed by atoms with Crippen molar-refractivity contribution in [3.63, 3.8) is 0 Å². The van der Waals surface area contributed by atoms with Crippen molar-refractivity contribution >= 4 is 6.29 Å². The maximum absolute atomic E-state index is 10.8. The molecular weight excluding hydrogens is 232 g/mol. The van der Waals surface area contributed by atoms with E-state index in [0.29, 0.717) is 18.6 Å².